The van der Waals surface area contributed by atoms with Gasteiger partial charge in [-0.2, -0.15) is 0 Å². The molecule has 0 fully saturated rings. The van der Waals surface area contributed by atoms with Gasteiger partial charge in [0.2, 0.25) is 5.88 Å². The van der Waals surface area contributed by atoms with Gasteiger partial charge in [0.25, 0.3) is 15.7 Å². The maximum Gasteiger partial charge on any atom is 0.270 e. The number of aromatic nitrogens is 2. The first-order valence-corrected chi connectivity index (χ1v) is 10.6. The normalized spacial score (nSPS) is 11.1. The number of anilines is 1. The van der Waals surface area contributed by atoms with Gasteiger partial charge in [-0.05, 0) is 37.1 Å². The van der Waals surface area contributed by atoms with Crippen molar-refractivity contribution in [2.75, 3.05) is 11.3 Å². The summed E-state index contributed by atoms with van der Waals surface area (Å²) in [6.07, 6.45) is 0.872. The Morgan fingerprint density at radius 1 is 1.07 bits per heavy atom. The van der Waals surface area contributed by atoms with E-state index in [-0.39, 0.29) is 10.6 Å². The van der Waals surface area contributed by atoms with Crippen molar-refractivity contribution in [3.8, 4) is 17.1 Å². The van der Waals surface area contributed by atoms with Gasteiger partial charge in [0, 0.05) is 29.4 Å². The zero-order chi connectivity index (χ0) is 21.7. The number of rotatable bonds is 8. The van der Waals surface area contributed by atoms with Crippen molar-refractivity contribution in [3.05, 3.63) is 70.3 Å². The van der Waals surface area contributed by atoms with Crippen molar-refractivity contribution in [1.82, 2.24) is 10.2 Å². The lowest BCUT2D eigenvalue weighted by molar-refractivity contribution is -0.385. The lowest BCUT2D eigenvalue weighted by atomic mass is 10.1. The summed E-state index contributed by atoms with van der Waals surface area (Å²) in [5.74, 6) is 0.442. The van der Waals surface area contributed by atoms with Gasteiger partial charge >= 0.3 is 0 Å². The largest absolute Gasteiger partial charge is 0.477 e. The Kier molecular flexibility index (Phi) is 6.26. The van der Waals surface area contributed by atoms with Crippen LogP contribution >= 0.6 is 0 Å². The number of ether oxygens (including phenoxy) is 1. The molecule has 30 heavy (non-hydrogen) atoms. The van der Waals surface area contributed by atoms with Crippen LogP contribution in [-0.2, 0) is 10.0 Å². The number of nitro benzene ring substituents is 1. The molecule has 9 nitrogen and oxygen atoms in total. The Bertz CT molecular complexity index is 1150. The van der Waals surface area contributed by atoms with Crippen molar-refractivity contribution in [3.63, 3.8) is 0 Å². The third kappa shape index (κ3) is 4.90. The molecule has 3 rings (SSSR count). The Labute approximate surface area is 173 Å². The zero-order valence-corrected chi connectivity index (χ0v) is 17.2. The van der Waals surface area contributed by atoms with Crippen molar-refractivity contribution in [1.29, 1.82) is 0 Å². The minimum absolute atomic E-state index is 0.144. The van der Waals surface area contributed by atoms with Crippen LogP contribution < -0.4 is 9.46 Å². The first kappa shape index (κ1) is 21.2. The Balaban J connectivity index is 1.78. The summed E-state index contributed by atoms with van der Waals surface area (Å²) < 4.78 is 33.3. The summed E-state index contributed by atoms with van der Waals surface area (Å²) in [6, 6.07) is 13.8. The summed E-state index contributed by atoms with van der Waals surface area (Å²) in [6.45, 7) is 4.14. The van der Waals surface area contributed by atoms with Crippen LogP contribution in [0.15, 0.2) is 59.5 Å². The number of nitrogens with zero attached hydrogens (tertiary/aromatic N) is 3. The molecule has 0 spiro atoms. The molecule has 156 valence electrons. The Morgan fingerprint density at radius 2 is 1.80 bits per heavy atom. The highest BCUT2D eigenvalue weighted by Crippen LogP contribution is 2.25. The fourth-order valence-electron chi connectivity index (χ4n) is 2.67. The van der Waals surface area contributed by atoms with Crippen molar-refractivity contribution >= 4 is 21.4 Å². The second-order valence-electron chi connectivity index (χ2n) is 6.50. The van der Waals surface area contributed by atoms with Crippen LogP contribution in [0.3, 0.4) is 0 Å². The molecular formula is C20H20N4O5S. The molecule has 1 N–H and O–H groups in total. The van der Waals surface area contributed by atoms with Gasteiger partial charge in [-0.3, -0.25) is 14.8 Å². The molecule has 10 heteroatoms. The maximum atomic E-state index is 12.7. The molecule has 0 unspecified atom stereocenters. The fourth-order valence-corrected chi connectivity index (χ4v) is 3.99. The molecule has 0 atom stereocenters. The summed E-state index contributed by atoms with van der Waals surface area (Å²) in [5.41, 5.74) is 1.80. The number of hydrogen-bond donors (Lipinski definition) is 1. The molecule has 1 heterocycles. The first-order valence-electron chi connectivity index (χ1n) is 9.15. The van der Waals surface area contributed by atoms with Gasteiger partial charge in [-0.1, -0.05) is 25.1 Å². The molecule has 0 aliphatic heterocycles. The second-order valence-corrected chi connectivity index (χ2v) is 8.15. The third-order valence-electron chi connectivity index (χ3n) is 4.20. The van der Waals surface area contributed by atoms with Crippen LogP contribution in [0.4, 0.5) is 11.4 Å². The van der Waals surface area contributed by atoms with E-state index in [4.69, 9.17) is 4.74 Å². The van der Waals surface area contributed by atoms with Crippen LogP contribution in [-0.4, -0.2) is 30.1 Å². The van der Waals surface area contributed by atoms with Crippen LogP contribution in [0.5, 0.6) is 5.88 Å². The van der Waals surface area contributed by atoms with E-state index >= 15 is 0 Å². The molecule has 1 aromatic heterocycles. The number of benzene rings is 2. The number of sulfonamides is 1. The number of nitrogens with one attached hydrogen (secondary N) is 1. The predicted octanol–water partition coefficient (Wildman–Crippen LogP) is 3.95. The molecule has 2 aromatic carbocycles. The van der Waals surface area contributed by atoms with Crippen LogP contribution in [0.2, 0.25) is 0 Å². The van der Waals surface area contributed by atoms with E-state index < -0.39 is 14.9 Å². The lowest BCUT2D eigenvalue weighted by Crippen LogP contribution is -2.14. The zero-order valence-electron chi connectivity index (χ0n) is 16.4. The van der Waals surface area contributed by atoms with Gasteiger partial charge in [-0.15, -0.1) is 10.2 Å². The highest BCUT2D eigenvalue weighted by Gasteiger charge is 2.20. The van der Waals surface area contributed by atoms with E-state index in [1.165, 1.54) is 12.1 Å². The van der Waals surface area contributed by atoms with E-state index in [0.29, 0.717) is 29.4 Å². The quantitative estimate of drug-likeness (QED) is 0.425. The second kappa shape index (κ2) is 8.87. The average molecular weight is 428 g/mol. The van der Waals surface area contributed by atoms with Crippen LogP contribution in [0.1, 0.15) is 18.9 Å². The fraction of sp³-hybridized carbons (Fsp3) is 0.200. The van der Waals surface area contributed by atoms with Gasteiger partial charge < -0.3 is 4.74 Å². The van der Waals surface area contributed by atoms with Crippen LogP contribution in [0, 0.1) is 17.0 Å². The molecule has 0 radical (unpaired) electrons. The molecular weight excluding hydrogens is 408 g/mol. The standard InChI is InChI=1S/C20H20N4O5S/c1-3-12-29-20-11-10-18(21-22-20)15-5-7-16(8-6-15)23-30(27,28)19-13-17(24(25)26)9-4-14(19)2/h4-11,13,23H,3,12H2,1-2H3. The summed E-state index contributed by atoms with van der Waals surface area (Å²) in [7, 11) is -3.99. The average Bonchev–Trinajstić information content (AvgIpc) is 2.73. The van der Waals surface area contributed by atoms with Gasteiger partial charge in [0.1, 0.15) is 0 Å². The molecule has 0 bridgehead atoms. The Morgan fingerprint density at radius 3 is 2.40 bits per heavy atom. The Hall–Kier alpha value is -3.53. The highest BCUT2D eigenvalue weighted by molar-refractivity contribution is 7.92. The number of hydrogen-bond acceptors (Lipinski definition) is 7. The van der Waals surface area contributed by atoms with E-state index in [2.05, 4.69) is 14.9 Å². The van der Waals surface area contributed by atoms with Crippen molar-refractivity contribution < 1.29 is 18.1 Å². The van der Waals surface area contributed by atoms with E-state index in [1.807, 2.05) is 6.92 Å². The van der Waals surface area contributed by atoms with Gasteiger partial charge in [-0.25, -0.2) is 8.42 Å². The van der Waals surface area contributed by atoms with Gasteiger partial charge in [0.05, 0.1) is 22.1 Å². The molecule has 3 aromatic rings. The summed E-state index contributed by atoms with van der Waals surface area (Å²) in [4.78, 5) is 10.2. The van der Waals surface area contributed by atoms with Crippen molar-refractivity contribution in [2.45, 2.75) is 25.2 Å². The lowest BCUT2D eigenvalue weighted by Gasteiger charge is -2.11. The highest BCUT2D eigenvalue weighted by atomic mass is 32.2. The molecule has 0 amide bonds. The van der Waals surface area contributed by atoms with Crippen molar-refractivity contribution in [2.24, 2.45) is 0 Å². The molecule has 0 saturated carbocycles. The van der Waals surface area contributed by atoms with E-state index in [9.17, 15) is 18.5 Å². The number of non-ortho nitro benzene ring substituents is 1. The number of nitro groups is 1. The predicted molar refractivity (Wildman–Crippen MR) is 112 cm³/mol. The third-order valence-corrected chi connectivity index (χ3v) is 5.72. The minimum atomic E-state index is -3.99. The molecule has 0 saturated heterocycles. The van der Waals surface area contributed by atoms with E-state index in [0.717, 1.165) is 18.1 Å². The number of aryl methyl sites for hydroxylation is 1. The topological polar surface area (TPSA) is 124 Å². The molecule has 0 aliphatic rings. The summed E-state index contributed by atoms with van der Waals surface area (Å²) >= 11 is 0. The minimum Gasteiger partial charge on any atom is -0.477 e. The SMILES string of the molecule is CCCOc1ccc(-c2ccc(NS(=O)(=O)c3cc([N+](=O)[O-])ccc3C)cc2)nn1. The smallest absolute Gasteiger partial charge is 0.270 e. The van der Waals surface area contributed by atoms with Crippen LogP contribution in [0.25, 0.3) is 11.3 Å². The first-order chi connectivity index (χ1) is 14.3. The maximum absolute atomic E-state index is 12.7. The van der Waals surface area contributed by atoms with E-state index in [1.54, 1.807) is 43.3 Å². The van der Waals surface area contributed by atoms with Gasteiger partial charge in [0.15, 0.2) is 0 Å². The monoisotopic (exact) mass is 428 g/mol. The summed E-state index contributed by atoms with van der Waals surface area (Å²) in [5, 5.41) is 19.1. The molecule has 0 aliphatic carbocycles.